The third kappa shape index (κ3) is 3.62. The number of rotatable bonds is 6. The molecule has 1 aromatic carbocycles. The van der Waals surface area contributed by atoms with Gasteiger partial charge in [-0.15, -0.1) is 12.4 Å². The van der Waals surface area contributed by atoms with Crippen LogP contribution >= 0.6 is 12.4 Å². The van der Waals surface area contributed by atoms with Crippen molar-refractivity contribution in [2.75, 3.05) is 20.1 Å². The molecule has 0 saturated heterocycles. The number of halogens is 1. The van der Waals surface area contributed by atoms with E-state index < -0.39 is 0 Å². The van der Waals surface area contributed by atoms with Gasteiger partial charge in [-0.2, -0.15) is 5.10 Å². The van der Waals surface area contributed by atoms with Crippen LogP contribution in [0.3, 0.4) is 0 Å². The largest absolute Gasteiger partial charge is 0.351 e. The molecule has 130 valence electrons. The minimum absolute atomic E-state index is 0. The van der Waals surface area contributed by atoms with E-state index in [1.807, 2.05) is 23.9 Å². The first-order valence-corrected chi connectivity index (χ1v) is 8.32. The lowest BCUT2D eigenvalue weighted by atomic mass is 10.2. The fourth-order valence-corrected chi connectivity index (χ4v) is 3.17. The van der Waals surface area contributed by atoms with Crippen LogP contribution < -0.4 is 10.6 Å². The Labute approximate surface area is 149 Å². The van der Waals surface area contributed by atoms with Gasteiger partial charge in [0, 0.05) is 17.8 Å². The molecular formula is C18H25ClN4O. The van der Waals surface area contributed by atoms with Gasteiger partial charge in [-0.1, -0.05) is 18.2 Å². The maximum Gasteiger partial charge on any atom is 0.272 e. The Hall–Kier alpha value is -1.85. The van der Waals surface area contributed by atoms with Gasteiger partial charge >= 0.3 is 0 Å². The van der Waals surface area contributed by atoms with Crippen LogP contribution in [0.4, 0.5) is 0 Å². The maximum atomic E-state index is 12.5. The number of hydrogen-bond acceptors (Lipinski definition) is 3. The lowest BCUT2D eigenvalue weighted by Gasteiger charge is -2.08. The summed E-state index contributed by atoms with van der Waals surface area (Å²) in [6.07, 6.45) is 3.95. The Morgan fingerprint density at radius 2 is 2.04 bits per heavy atom. The van der Waals surface area contributed by atoms with Gasteiger partial charge in [-0.05, 0) is 57.8 Å². The van der Waals surface area contributed by atoms with Gasteiger partial charge in [0.05, 0.1) is 5.69 Å². The molecule has 0 saturated carbocycles. The molecule has 0 radical (unpaired) electrons. The smallest absolute Gasteiger partial charge is 0.272 e. The first-order valence-electron chi connectivity index (χ1n) is 8.32. The molecule has 1 heterocycles. The Morgan fingerprint density at radius 3 is 2.79 bits per heavy atom. The number of nitrogens with zero attached hydrogens (tertiary/aromatic N) is 2. The number of aryl methyl sites for hydroxylation is 1. The summed E-state index contributed by atoms with van der Waals surface area (Å²) in [5.74, 6) is -0.0495. The second-order valence-electron chi connectivity index (χ2n) is 6.04. The summed E-state index contributed by atoms with van der Waals surface area (Å²) in [6, 6.07) is 8.19. The summed E-state index contributed by atoms with van der Waals surface area (Å²) in [4.78, 5) is 12.5. The van der Waals surface area contributed by atoms with E-state index in [0.717, 1.165) is 43.5 Å². The van der Waals surface area contributed by atoms with Crippen LogP contribution in [-0.4, -0.2) is 35.8 Å². The quantitative estimate of drug-likeness (QED) is 0.788. The first kappa shape index (κ1) is 18.5. The molecule has 5 nitrogen and oxygen atoms in total. The number of carbonyl (C=O) groups is 1. The molecule has 1 amide bonds. The lowest BCUT2D eigenvalue weighted by Crippen LogP contribution is -2.27. The first-order chi connectivity index (χ1) is 11.2. The Morgan fingerprint density at radius 1 is 1.25 bits per heavy atom. The zero-order valence-electron chi connectivity index (χ0n) is 14.3. The maximum absolute atomic E-state index is 12.5. The Bertz CT molecular complexity index is 711. The number of aromatic nitrogens is 2. The van der Waals surface area contributed by atoms with Crippen molar-refractivity contribution >= 4 is 18.3 Å². The van der Waals surface area contributed by atoms with Crippen LogP contribution in [0.1, 0.15) is 40.2 Å². The number of carbonyl (C=O) groups excluding carboxylic acids is 1. The van der Waals surface area contributed by atoms with Crippen LogP contribution in [0.5, 0.6) is 0 Å². The molecule has 6 heteroatoms. The predicted molar refractivity (Wildman–Crippen MR) is 98.5 cm³/mol. The van der Waals surface area contributed by atoms with Crippen LogP contribution in [0.2, 0.25) is 0 Å². The monoisotopic (exact) mass is 348 g/mol. The summed E-state index contributed by atoms with van der Waals surface area (Å²) in [5.41, 5.74) is 5.16. The highest BCUT2D eigenvalue weighted by Crippen LogP contribution is 2.28. The second-order valence-corrected chi connectivity index (χ2v) is 6.04. The molecule has 3 rings (SSSR count). The van der Waals surface area contributed by atoms with Crippen LogP contribution in [-0.2, 0) is 12.8 Å². The molecule has 24 heavy (non-hydrogen) atoms. The average Bonchev–Trinajstić information content (AvgIpc) is 3.14. The van der Waals surface area contributed by atoms with Gasteiger partial charge in [-0.3, -0.25) is 4.79 Å². The second kappa shape index (κ2) is 8.31. The van der Waals surface area contributed by atoms with E-state index in [1.54, 1.807) is 0 Å². The number of para-hydroxylation sites is 1. The third-order valence-electron chi connectivity index (χ3n) is 4.38. The van der Waals surface area contributed by atoms with Crippen LogP contribution in [0, 0.1) is 6.92 Å². The highest BCUT2D eigenvalue weighted by molar-refractivity contribution is 5.94. The van der Waals surface area contributed by atoms with Crippen molar-refractivity contribution in [3.63, 3.8) is 0 Å². The number of benzene rings is 1. The van der Waals surface area contributed by atoms with Crippen molar-refractivity contribution in [3.05, 3.63) is 46.8 Å². The zero-order chi connectivity index (χ0) is 16.2. The standard InChI is InChI=1S/C18H24N4O.ClH/c1-13-7-3-4-9-15(13)22-16-10-5-8-14(16)17(21-22)18(23)20-12-6-11-19-2;/h3-4,7,9,19H,5-6,8,10-12H2,1-2H3,(H,20,23);1H. The highest BCUT2D eigenvalue weighted by atomic mass is 35.5. The van der Waals surface area contributed by atoms with Gasteiger partial charge in [0.25, 0.3) is 5.91 Å². The molecule has 0 spiro atoms. The average molecular weight is 349 g/mol. The van der Waals surface area contributed by atoms with E-state index in [4.69, 9.17) is 0 Å². The van der Waals surface area contributed by atoms with Gasteiger partial charge in [-0.25, -0.2) is 4.68 Å². The summed E-state index contributed by atoms with van der Waals surface area (Å²) in [7, 11) is 1.92. The van der Waals surface area contributed by atoms with E-state index in [0.29, 0.717) is 12.2 Å². The summed E-state index contributed by atoms with van der Waals surface area (Å²) < 4.78 is 1.97. The zero-order valence-corrected chi connectivity index (χ0v) is 15.1. The summed E-state index contributed by atoms with van der Waals surface area (Å²) in [5, 5.41) is 10.7. The molecule has 0 aliphatic heterocycles. The Balaban J connectivity index is 0.00000208. The fraction of sp³-hybridized carbons (Fsp3) is 0.444. The molecule has 0 bridgehead atoms. The lowest BCUT2D eigenvalue weighted by molar-refractivity contribution is 0.0947. The molecule has 2 N–H and O–H groups in total. The van der Waals surface area contributed by atoms with E-state index in [2.05, 4.69) is 34.8 Å². The van der Waals surface area contributed by atoms with Crippen molar-refractivity contribution in [2.24, 2.45) is 0 Å². The van der Waals surface area contributed by atoms with Crippen LogP contribution in [0.15, 0.2) is 24.3 Å². The number of fused-ring (bicyclic) bond motifs is 1. The SMILES string of the molecule is CNCCCNC(=O)c1nn(-c2ccccc2C)c2c1CCC2.Cl. The molecule has 0 atom stereocenters. The van der Waals surface area contributed by atoms with Crippen molar-refractivity contribution in [2.45, 2.75) is 32.6 Å². The number of amides is 1. The van der Waals surface area contributed by atoms with E-state index >= 15 is 0 Å². The summed E-state index contributed by atoms with van der Waals surface area (Å²) in [6.45, 7) is 3.65. The Kier molecular flexibility index (Phi) is 6.40. The van der Waals surface area contributed by atoms with E-state index in [-0.39, 0.29) is 18.3 Å². The third-order valence-corrected chi connectivity index (χ3v) is 4.38. The molecule has 1 aromatic heterocycles. The minimum Gasteiger partial charge on any atom is -0.351 e. The van der Waals surface area contributed by atoms with Crippen molar-refractivity contribution in [1.82, 2.24) is 20.4 Å². The number of hydrogen-bond donors (Lipinski definition) is 2. The molecule has 0 fully saturated rings. The highest BCUT2D eigenvalue weighted by Gasteiger charge is 2.27. The van der Waals surface area contributed by atoms with E-state index in [1.165, 1.54) is 11.3 Å². The predicted octanol–water partition coefficient (Wildman–Crippen LogP) is 2.43. The molecule has 0 unspecified atom stereocenters. The topological polar surface area (TPSA) is 58.9 Å². The molecular weight excluding hydrogens is 324 g/mol. The molecule has 1 aliphatic rings. The van der Waals surface area contributed by atoms with Crippen molar-refractivity contribution in [3.8, 4) is 5.69 Å². The molecule has 2 aromatic rings. The van der Waals surface area contributed by atoms with Crippen molar-refractivity contribution < 1.29 is 4.79 Å². The number of nitrogens with one attached hydrogen (secondary N) is 2. The van der Waals surface area contributed by atoms with Gasteiger partial charge < -0.3 is 10.6 Å². The summed E-state index contributed by atoms with van der Waals surface area (Å²) >= 11 is 0. The van der Waals surface area contributed by atoms with Crippen LogP contribution in [0.25, 0.3) is 5.69 Å². The fourth-order valence-electron chi connectivity index (χ4n) is 3.17. The minimum atomic E-state index is -0.0495. The van der Waals surface area contributed by atoms with Gasteiger partial charge in [0.2, 0.25) is 0 Å². The van der Waals surface area contributed by atoms with E-state index in [9.17, 15) is 4.79 Å². The molecule has 1 aliphatic carbocycles. The van der Waals surface area contributed by atoms with Gasteiger partial charge in [0.15, 0.2) is 5.69 Å². The normalized spacial score (nSPS) is 12.6. The van der Waals surface area contributed by atoms with Gasteiger partial charge in [0.1, 0.15) is 0 Å². The van der Waals surface area contributed by atoms with Crippen molar-refractivity contribution in [1.29, 1.82) is 0 Å².